The molecular formula is C8H14F2O. The van der Waals surface area contributed by atoms with Crippen LogP contribution in [0.4, 0.5) is 8.78 Å². The Labute approximate surface area is 65.7 Å². The molecular weight excluding hydrogens is 150 g/mol. The second kappa shape index (κ2) is 4.00. The highest BCUT2D eigenvalue weighted by molar-refractivity contribution is 4.70. The molecule has 0 spiro atoms. The van der Waals surface area contributed by atoms with Crippen molar-refractivity contribution < 1.29 is 13.5 Å². The summed E-state index contributed by atoms with van der Waals surface area (Å²) in [4.78, 5) is 0. The van der Waals surface area contributed by atoms with Crippen molar-refractivity contribution in [2.24, 2.45) is 5.92 Å². The van der Waals surface area contributed by atoms with Gasteiger partial charge in [-0.15, -0.1) is 0 Å². The molecule has 0 saturated heterocycles. The Morgan fingerprint density at radius 2 is 2.09 bits per heavy atom. The molecule has 3 heteroatoms. The lowest BCUT2D eigenvalue weighted by atomic mass is 9.89. The van der Waals surface area contributed by atoms with Crippen LogP contribution in [-0.4, -0.2) is 12.7 Å². The molecule has 11 heavy (non-hydrogen) atoms. The highest BCUT2D eigenvalue weighted by Crippen LogP contribution is 2.26. The van der Waals surface area contributed by atoms with Crippen LogP contribution < -0.4 is 0 Å². The third kappa shape index (κ3) is 3.14. The predicted octanol–water partition coefficient (Wildman–Crippen LogP) is 2.80. The van der Waals surface area contributed by atoms with Crippen LogP contribution >= 0.6 is 0 Å². The Bertz CT molecular complexity index is 115. The van der Waals surface area contributed by atoms with E-state index in [0.717, 1.165) is 25.7 Å². The van der Waals surface area contributed by atoms with E-state index in [9.17, 15) is 8.78 Å². The zero-order valence-corrected chi connectivity index (χ0v) is 6.72. The van der Waals surface area contributed by atoms with Crippen molar-refractivity contribution in [3.05, 3.63) is 0 Å². The van der Waals surface area contributed by atoms with Gasteiger partial charge in [-0.1, -0.05) is 19.8 Å². The topological polar surface area (TPSA) is 9.23 Å². The van der Waals surface area contributed by atoms with Crippen molar-refractivity contribution >= 4 is 0 Å². The molecule has 1 nitrogen and oxygen atoms in total. The number of alkyl halides is 2. The van der Waals surface area contributed by atoms with Gasteiger partial charge in [0.2, 0.25) is 0 Å². The van der Waals surface area contributed by atoms with E-state index in [-0.39, 0.29) is 6.10 Å². The number of hydrogen-bond acceptors (Lipinski definition) is 1. The molecule has 2 unspecified atom stereocenters. The van der Waals surface area contributed by atoms with Crippen LogP contribution in [0.2, 0.25) is 0 Å². The fraction of sp³-hybridized carbons (Fsp3) is 1.00. The third-order valence-corrected chi connectivity index (χ3v) is 2.18. The number of ether oxygens (including phenoxy) is 1. The second-order valence-electron chi connectivity index (χ2n) is 3.29. The van der Waals surface area contributed by atoms with Crippen LogP contribution in [-0.2, 0) is 4.74 Å². The molecule has 1 rings (SSSR count). The van der Waals surface area contributed by atoms with Crippen LogP contribution in [0.3, 0.4) is 0 Å². The maximum atomic E-state index is 11.7. The minimum absolute atomic E-state index is 0.196. The first-order chi connectivity index (χ1) is 5.18. The average molecular weight is 164 g/mol. The smallest absolute Gasteiger partial charge is 0.320 e. The summed E-state index contributed by atoms with van der Waals surface area (Å²) < 4.78 is 27.9. The molecule has 0 N–H and O–H groups in total. The number of rotatable bonds is 2. The van der Waals surface area contributed by atoms with Crippen LogP contribution in [0.5, 0.6) is 0 Å². The summed E-state index contributed by atoms with van der Waals surface area (Å²) in [6.45, 7) is -0.508. The molecule has 0 aromatic carbocycles. The van der Waals surface area contributed by atoms with Gasteiger partial charge >= 0.3 is 6.61 Å². The van der Waals surface area contributed by atoms with E-state index in [1.807, 2.05) is 0 Å². The van der Waals surface area contributed by atoms with E-state index >= 15 is 0 Å². The second-order valence-corrected chi connectivity index (χ2v) is 3.29. The Kier molecular flexibility index (Phi) is 3.24. The summed E-state index contributed by atoms with van der Waals surface area (Å²) in [5.74, 6) is 0.549. The minimum Gasteiger partial charge on any atom is -0.320 e. The van der Waals surface area contributed by atoms with Crippen LogP contribution in [0.15, 0.2) is 0 Å². The molecule has 1 aliphatic rings. The van der Waals surface area contributed by atoms with Gasteiger partial charge in [0, 0.05) is 0 Å². The molecule has 1 aliphatic carbocycles. The fourth-order valence-corrected chi connectivity index (χ4v) is 1.65. The summed E-state index contributed by atoms with van der Waals surface area (Å²) >= 11 is 0. The van der Waals surface area contributed by atoms with Gasteiger partial charge in [0.05, 0.1) is 6.10 Å². The summed E-state index contributed by atoms with van der Waals surface area (Å²) in [7, 11) is 0. The summed E-state index contributed by atoms with van der Waals surface area (Å²) in [5.41, 5.74) is 0. The standard InChI is InChI=1S/C8H14F2O/c1-6-3-2-4-7(5-6)11-8(9)10/h6-8H,2-5H2,1H3. The van der Waals surface area contributed by atoms with Gasteiger partial charge in [-0.3, -0.25) is 0 Å². The van der Waals surface area contributed by atoms with Crippen molar-refractivity contribution in [3.63, 3.8) is 0 Å². The van der Waals surface area contributed by atoms with Crippen LogP contribution in [0.25, 0.3) is 0 Å². The number of halogens is 2. The molecule has 0 amide bonds. The van der Waals surface area contributed by atoms with Gasteiger partial charge in [0.1, 0.15) is 0 Å². The first-order valence-corrected chi connectivity index (χ1v) is 4.12. The number of hydrogen-bond donors (Lipinski definition) is 0. The molecule has 1 fully saturated rings. The fourth-order valence-electron chi connectivity index (χ4n) is 1.65. The minimum atomic E-state index is -2.59. The van der Waals surface area contributed by atoms with Gasteiger partial charge in [0.25, 0.3) is 0 Å². The van der Waals surface area contributed by atoms with E-state index < -0.39 is 6.61 Å². The van der Waals surface area contributed by atoms with Gasteiger partial charge in [-0.2, -0.15) is 8.78 Å². The van der Waals surface area contributed by atoms with E-state index in [2.05, 4.69) is 11.7 Å². The highest BCUT2D eigenvalue weighted by Gasteiger charge is 2.21. The summed E-state index contributed by atoms with van der Waals surface area (Å²) in [6.07, 6.45) is 3.58. The molecule has 0 aliphatic heterocycles. The Morgan fingerprint density at radius 1 is 1.36 bits per heavy atom. The van der Waals surface area contributed by atoms with Crippen LogP contribution in [0, 0.1) is 5.92 Å². The normalized spacial score (nSPS) is 32.7. The van der Waals surface area contributed by atoms with Crippen LogP contribution in [0.1, 0.15) is 32.6 Å². The first kappa shape index (κ1) is 8.91. The largest absolute Gasteiger partial charge is 0.345 e. The van der Waals surface area contributed by atoms with Gasteiger partial charge in [-0.05, 0) is 18.8 Å². The van der Waals surface area contributed by atoms with Crippen molar-refractivity contribution in [1.82, 2.24) is 0 Å². The Hall–Kier alpha value is -0.180. The van der Waals surface area contributed by atoms with E-state index in [1.54, 1.807) is 0 Å². The SMILES string of the molecule is CC1CCCC(OC(F)F)C1. The third-order valence-electron chi connectivity index (χ3n) is 2.18. The lowest BCUT2D eigenvalue weighted by molar-refractivity contribution is -0.172. The monoisotopic (exact) mass is 164 g/mol. The molecule has 2 atom stereocenters. The Morgan fingerprint density at radius 3 is 2.64 bits per heavy atom. The lowest BCUT2D eigenvalue weighted by Gasteiger charge is -2.26. The highest BCUT2D eigenvalue weighted by atomic mass is 19.3. The van der Waals surface area contributed by atoms with Crippen molar-refractivity contribution in [1.29, 1.82) is 0 Å². The molecule has 1 saturated carbocycles. The maximum Gasteiger partial charge on any atom is 0.345 e. The average Bonchev–Trinajstić information content (AvgIpc) is 1.85. The zero-order chi connectivity index (χ0) is 8.27. The molecule has 0 heterocycles. The van der Waals surface area contributed by atoms with Crippen molar-refractivity contribution in [3.8, 4) is 0 Å². The molecule has 0 radical (unpaired) electrons. The van der Waals surface area contributed by atoms with Crippen molar-refractivity contribution in [2.75, 3.05) is 0 Å². The molecule has 0 aromatic rings. The van der Waals surface area contributed by atoms with Gasteiger partial charge in [-0.25, -0.2) is 0 Å². The van der Waals surface area contributed by atoms with E-state index in [1.165, 1.54) is 0 Å². The first-order valence-electron chi connectivity index (χ1n) is 4.12. The predicted molar refractivity (Wildman–Crippen MR) is 38.5 cm³/mol. The van der Waals surface area contributed by atoms with E-state index in [0.29, 0.717) is 5.92 Å². The summed E-state index contributed by atoms with van der Waals surface area (Å²) in [6, 6.07) is 0. The van der Waals surface area contributed by atoms with Gasteiger partial charge < -0.3 is 4.74 Å². The zero-order valence-electron chi connectivity index (χ0n) is 6.72. The molecule has 66 valence electrons. The maximum absolute atomic E-state index is 11.7. The van der Waals surface area contributed by atoms with E-state index in [4.69, 9.17) is 0 Å². The summed E-state index contributed by atoms with van der Waals surface area (Å²) in [5, 5.41) is 0. The lowest BCUT2D eigenvalue weighted by Crippen LogP contribution is -2.23. The Balaban J connectivity index is 2.23. The molecule has 0 bridgehead atoms. The molecule has 0 aromatic heterocycles. The van der Waals surface area contributed by atoms with Gasteiger partial charge in [0.15, 0.2) is 0 Å². The van der Waals surface area contributed by atoms with Crippen molar-refractivity contribution in [2.45, 2.75) is 45.3 Å². The quantitative estimate of drug-likeness (QED) is 0.609.